The van der Waals surface area contributed by atoms with Gasteiger partial charge >= 0.3 is 6.03 Å². The molecule has 0 aliphatic carbocycles. The summed E-state index contributed by atoms with van der Waals surface area (Å²) in [5, 5.41) is 4.68. The van der Waals surface area contributed by atoms with Gasteiger partial charge in [0.15, 0.2) is 0 Å². The van der Waals surface area contributed by atoms with Gasteiger partial charge in [0.05, 0.1) is 6.04 Å². The highest BCUT2D eigenvalue weighted by Crippen LogP contribution is 2.23. The maximum atomic E-state index is 11.9. The summed E-state index contributed by atoms with van der Waals surface area (Å²) in [4.78, 5) is 25.1. The zero-order valence-corrected chi connectivity index (χ0v) is 11.4. The minimum Gasteiger partial charge on any atom is -0.341 e. The Morgan fingerprint density at radius 2 is 2.17 bits per heavy atom. The van der Waals surface area contributed by atoms with Gasteiger partial charge in [-0.05, 0) is 32.2 Å². The van der Waals surface area contributed by atoms with Crippen molar-refractivity contribution in [2.75, 3.05) is 20.1 Å². The molecule has 6 heteroatoms. The smallest absolute Gasteiger partial charge is 0.321 e. The van der Waals surface area contributed by atoms with Gasteiger partial charge in [-0.1, -0.05) is 6.92 Å². The third-order valence-corrected chi connectivity index (χ3v) is 3.64. The second-order valence-electron chi connectivity index (χ2n) is 5.00. The molecule has 1 heterocycles. The summed E-state index contributed by atoms with van der Waals surface area (Å²) < 4.78 is 0. The molecule has 0 aromatic rings. The van der Waals surface area contributed by atoms with E-state index in [-0.39, 0.29) is 18.0 Å². The van der Waals surface area contributed by atoms with Crippen LogP contribution in [0.4, 0.5) is 4.79 Å². The number of imide groups is 1. The van der Waals surface area contributed by atoms with Crippen molar-refractivity contribution in [1.82, 2.24) is 15.5 Å². The van der Waals surface area contributed by atoms with Crippen LogP contribution < -0.4 is 16.4 Å². The van der Waals surface area contributed by atoms with E-state index < -0.39 is 6.03 Å². The number of hydrogen-bond donors (Lipinski definition) is 3. The van der Waals surface area contributed by atoms with Crippen LogP contribution in [-0.2, 0) is 4.79 Å². The quantitative estimate of drug-likeness (QED) is 0.657. The minimum absolute atomic E-state index is 0.221. The number of carbonyl (C=O) groups is 2. The Morgan fingerprint density at radius 3 is 2.72 bits per heavy atom. The zero-order chi connectivity index (χ0) is 13.7. The molecule has 1 rings (SSSR count). The summed E-state index contributed by atoms with van der Waals surface area (Å²) in [5.74, 6) is 0.367. The molecule has 1 fully saturated rings. The minimum atomic E-state index is -0.471. The molecule has 104 valence electrons. The number of urea groups is 1. The van der Waals surface area contributed by atoms with Crippen LogP contribution in [0, 0.1) is 5.92 Å². The fourth-order valence-corrected chi connectivity index (χ4v) is 2.44. The molecule has 18 heavy (non-hydrogen) atoms. The number of likely N-dealkylation sites (tertiary alicyclic amines) is 1. The van der Waals surface area contributed by atoms with Crippen LogP contribution in [0.5, 0.6) is 0 Å². The fourth-order valence-electron chi connectivity index (χ4n) is 2.44. The highest BCUT2D eigenvalue weighted by Gasteiger charge is 2.32. The van der Waals surface area contributed by atoms with Crippen molar-refractivity contribution in [1.29, 1.82) is 0 Å². The molecule has 4 N–H and O–H groups in total. The number of nitrogens with zero attached hydrogens (tertiary/aromatic N) is 1. The lowest BCUT2D eigenvalue weighted by atomic mass is 9.91. The van der Waals surface area contributed by atoms with Crippen molar-refractivity contribution in [3.8, 4) is 0 Å². The van der Waals surface area contributed by atoms with Gasteiger partial charge in [-0.3, -0.25) is 15.0 Å². The lowest BCUT2D eigenvalue weighted by Crippen LogP contribution is -2.56. The first-order chi connectivity index (χ1) is 8.49. The molecule has 3 atom stereocenters. The Morgan fingerprint density at radius 1 is 1.50 bits per heavy atom. The first kappa shape index (κ1) is 14.9. The number of amides is 3. The van der Waals surface area contributed by atoms with E-state index in [9.17, 15) is 9.59 Å². The molecular formula is C12H24N4O2. The number of carbonyl (C=O) groups excluding carboxylic acids is 2. The van der Waals surface area contributed by atoms with Crippen molar-refractivity contribution >= 4 is 11.9 Å². The van der Waals surface area contributed by atoms with E-state index in [1.807, 2.05) is 6.92 Å². The van der Waals surface area contributed by atoms with E-state index in [1.54, 1.807) is 0 Å². The average Bonchev–Trinajstić information content (AvgIpc) is 2.37. The van der Waals surface area contributed by atoms with Gasteiger partial charge in [0.2, 0.25) is 5.91 Å². The van der Waals surface area contributed by atoms with E-state index in [0.29, 0.717) is 12.5 Å². The van der Waals surface area contributed by atoms with E-state index in [2.05, 4.69) is 22.5 Å². The second-order valence-corrected chi connectivity index (χ2v) is 5.00. The molecule has 6 nitrogen and oxygen atoms in total. The van der Waals surface area contributed by atoms with Crippen LogP contribution in [0.3, 0.4) is 0 Å². The predicted octanol–water partition coefficient (Wildman–Crippen LogP) is -0.110. The lowest BCUT2D eigenvalue weighted by molar-refractivity contribution is -0.126. The molecule has 0 saturated carbocycles. The highest BCUT2D eigenvalue weighted by atomic mass is 16.2. The summed E-state index contributed by atoms with van der Waals surface area (Å²) >= 11 is 0. The molecule has 1 aliphatic heterocycles. The van der Waals surface area contributed by atoms with E-state index >= 15 is 0 Å². The molecule has 0 aromatic carbocycles. The SMILES string of the molecule is CNC(=O)NC(=O)C(C)N1CCC(C)CC1CN. The van der Waals surface area contributed by atoms with Gasteiger partial charge in [0, 0.05) is 19.6 Å². The van der Waals surface area contributed by atoms with Crippen molar-refractivity contribution in [3.63, 3.8) is 0 Å². The molecule has 1 saturated heterocycles. The normalized spacial score (nSPS) is 26.4. The number of nitrogens with one attached hydrogen (secondary N) is 2. The number of piperidine rings is 1. The Kier molecular flexibility index (Phi) is 5.55. The van der Waals surface area contributed by atoms with Crippen LogP contribution in [0.1, 0.15) is 26.7 Å². The Labute approximate surface area is 108 Å². The van der Waals surface area contributed by atoms with Crippen molar-refractivity contribution in [2.24, 2.45) is 11.7 Å². The second kappa shape index (κ2) is 6.70. The van der Waals surface area contributed by atoms with Gasteiger partial charge in [0.1, 0.15) is 0 Å². The largest absolute Gasteiger partial charge is 0.341 e. The van der Waals surface area contributed by atoms with Gasteiger partial charge in [-0.25, -0.2) is 4.79 Å². The predicted molar refractivity (Wildman–Crippen MR) is 70.0 cm³/mol. The summed E-state index contributed by atoms with van der Waals surface area (Å²) in [6.45, 7) is 5.42. The molecule has 0 bridgehead atoms. The zero-order valence-electron chi connectivity index (χ0n) is 11.4. The van der Waals surface area contributed by atoms with Gasteiger partial charge in [-0.2, -0.15) is 0 Å². The Bertz CT molecular complexity index is 308. The Balaban J connectivity index is 2.61. The van der Waals surface area contributed by atoms with Gasteiger partial charge in [0.25, 0.3) is 0 Å². The van der Waals surface area contributed by atoms with E-state index in [4.69, 9.17) is 5.73 Å². The molecule has 3 amide bonds. The Hall–Kier alpha value is -1.14. The number of hydrogen-bond acceptors (Lipinski definition) is 4. The molecule has 3 unspecified atom stereocenters. The topological polar surface area (TPSA) is 87.5 Å². The van der Waals surface area contributed by atoms with Crippen molar-refractivity contribution < 1.29 is 9.59 Å². The van der Waals surface area contributed by atoms with Crippen molar-refractivity contribution in [3.05, 3.63) is 0 Å². The molecule has 0 spiro atoms. The van der Waals surface area contributed by atoms with Crippen LogP contribution in [-0.4, -0.2) is 49.1 Å². The fraction of sp³-hybridized carbons (Fsp3) is 0.833. The lowest BCUT2D eigenvalue weighted by Gasteiger charge is -2.40. The van der Waals surface area contributed by atoms with Crippen LogP contribution in [0.15, 0.2) is 0 Å². The monoisotopic (exact) mass is 256 g/mol. The van der Waals surface area contributed by atoms with Gasteiger partial charge in [-0.15, -0.1) is 0 Å². The summed E-state index contributed by atoms with van der Waals surface area (Å²) in [5.41, 5.74) is 5.77. The number of rotatable bonds is 3. The third-order valence-electron chi connectivity index (χ3n) is 3.64. The maximum Gasteiger partial charge on any atom is 0.321 e. The summed E-state index contributed by atoms with van der Waals surface area (Å²) in [6, 6.07) is -0.580. The van der Waals surface area contributed by atoms with Crippen LogP contribution in [0.2, 0.25) is 0 Å². The van der Waals surface area contributed by atoms with Gasteiger partial charge < -0.3 is 11.1 Å². The summed E-state index contributed by atoms with van der Waals surface area (Å²) in [7, 11) is 1.48. The summed E-state index contributed by atoms with van der Waals surface area (Å²) in [6.07, 6.45) is 2.07. The molecule has 0 aromatic heterocycles. The highest BCUT2D eigenvalue weighted by molar-refractivity contribution is 5.96. The standard InChI is InChI=1S/C12H24N4O2/c1-8-4-5-16(10(6-8)7-13)9(2)11(17)15-12(18)14-3/h8-10H,4-7,13H2,1-3H3,(H2,14,15,17,18). The average molecular weight is 256 g/mol. The van der Waals surface area contributed by atoms with Crippen LogP contribution >= 0.6 is 0 Å². The number of nitrogens with two attached hydrogens (primary N) is 1. The van der Waals surface area contributed by atoms with E-state index in [1.165, 1.54) is 7.05 Å². The first-order valence-corrected chi connectivity index (χ1v) is 6.48. The third kappa shape index (κ3) is 3.68. The maximum absolute atomic E-state index is 11.9. The molecular weight excluding hydrogens is 232 g/mol. The molecule has 0 radical (unpaired) electrons. The van der Waals surface area contributed by atoms with E-state index in [0.717, 1.165) is 19.4 Å². The van der Waals surface area contributed by atoms with Crippen molar-refractivity contribution in [2.45, 2.75) is 38.8 Å². The van der Waals surface area contributed by atoms with Crippen LogP contribution in [0.25, 0.3) is 0 Å². The molecule has 1 aliphatic rings. The first-order valence-electron chi connectivity index (χ1n) is 6.48.